The Bertz CT molecular complexity index is 1530. The Kier molecular flexibility index (Phi) is 9.55. The fourth-order valence-electron chi connectivity index (χ4n) is 4.87. The standard InChI is InChI=1S/C31H37N3O7S/c1-20-5-12-26(13-6-20)42(39,40)32-25-11-14-28-27(15-25)30(36)34(22(3)19-35)16-21(2)29(41-28)18-33(4)17-23-7-9-24(10-8-23)31(37)38/h5-15,21-22,29,32,35H,16-19H2,1-4H3,(H,37,38)/t21-,22+,29-/m1/s1. The number of rotatable bonds is 10. The fraction of sp³-hybridized carbons (Fsp3) is 0.355. The van der Waals surface area contributed by atoms with Crippen LogP contribution >= 0.6 is 0 Å². The van der Waals surface area contributed by atoms with Crippen LogP contribution in [0.2, 0.25) is 0 Å². The first-order chi connectivity index (χ1) is 19.9. The van der Waals surface area contributed by atoms with Gasteiger partial charge in [0.2, 0.25) is 0 Å². The van der Waals surface area contributed by atoms with Gasteiger partial charge in [-0.1, -0.05) is 36.8 Å². The number of carbonyl (C=O) groups excluding carboxylic acids is 1. The molecule has 0 radical (unpaired) electrons. The zero-order chi connectivity index (χ0) is 30.6. The summed E-state index contributed by atoms with van der Waals surface area (Å²) >= 11 is 0. The second-order valence-electron chi connectivity index (χ2n) is 11.0. The minimum absolute atomic E-state index is 0.104. The molecular weight excluding hydrogens is 558 g/mol. The molecule has 1 amide bonds. The lowest BCUT2D eigenvalue weighted by Crippen LogP contribution is -2.49. The minimum Gasteiger partial charge on any atom is -0.488 e. The summed E-state index contributed by atoms with van der Waals surface area (Å²) in [6.45, 7) is 6.76. The minimum atomic E-state index is -3.89. The van der Waals surface area contributed by atoms with Crippen LogP contribution in [0.5, 0.6) is 5.75 Å². The summed E-state index contributed by atoms with van der Waals surface area (Å²) in [4.78, 5) is 28.6. The number of aromatic carboxylic acids is 1. The van der Waals surface area contributed by atoms with Crippen molar-refractivity contribution in [1.29, 1.82) is 0 Å². The van der Waals surface area contributed by atoms with Crippen molar-refractivity contribution >= 4 is 27.6 Å². The molecule has 0 fully saturated rings. The molecule has 0 saturated carbocycles. The Labute approximate surface area is 246 Å². The molecular formula is C31H37N3O7S. The third-order valence-corrected chi connectivity index (χ3v) is 8.79. The zero-order valence-electron chi connectivity index (χ0n) is 24.1. The van der Waals surface area contributed by atoms with Gasteiger partial charge in [-0.3, -0.25) is 14.4 Å². The van der Waals surface area contributed by atoms with Crippen LogP contribution in [-0.4, -0.2) is 79.2 Å². The highest BCUT2D eigenvalue weighted by Crippen LogP contribution is 2.31. The van der Waals surface area contributed by atoms with Crippen molar-refractivity contribution in [3.63, 3.8) is 0 Å². The zero-order valence-corrected chi connectivity index (χ0v) is 25.0. The number of fused-ring (bicyclic) bond motifs is 1. The molecule has 224 valence electrons. The van der Waals surface area contributed by atoms with Gasteiger partial charge in [0, 0.05) is 31.2 Å². The van der Waals surface area contributed by atoms with Crippen molar-refractivity contribution in [2.45, 2.75) is 44.4 Å². The van der Waals surface area contributed by atoms with Crippen molar-refractivity contribution in [1.82, 2.24) is 9.80 Å². The Morgan fingerprint density at radius 2 is 1.79 bits per heavy atom. The molecule has 3 aromatic rings. The molecule has 1 aliphatic heterocycles. The van der Waals surface area contributed by atoms with Crippen LogP contribution in [0.15, 0.2) is 71.6 Å². The number of carboxylic acid groups (broad SMARTS) is 1. The summed E-state index contributed by atoms with van der Waals surface area (Å²) in [5.74, 6) is -1.12. The number of nitrogens with one attached hydrogen (secondary N) is 1. The maximum absolute atomic E-state index is 13.7. The van der Waals surface area contributed by atoms with E-state index in [-0.39, 0.29) is 46.2 Å². The maximum Gasteiger partial charge on any atom is 0.335 e. The quantitative estimate of drug-likeness (QED) is 0.322. The van der Waals surface area contributed by atoms with Gasteiger partial charge in [0.25, 0.3) is 15.9 Å². The third kappa shape index (κ3) is 7.28. The first-order valence-corrected chi connectivity index (χ1v) is 15.2. The molecule has 0 spiro atoms. The number of likely N-dealkylation sites (N-methyl/N-ethyl adjacent to an activating group) is 1. The van der Waals surface area contributed by atoms with Crippen LogP contribution in [0.1, 0.15) is 45.7 Å². The van der Waals surface area contributed by atoms with E-state index in [4.69, 9.17) is 9.84 Å². The first kappa shape index (κ1) is 31.0. The molecule has 0 aliphatic carbocycles. The average Bonchev–Trinajstić information content (AvgIpc) is 2.95. The van der Waals surface area contributed by atoms with Gasteiger partial charge in [-0.15, -0.1) is 0 Å². The summed E-state index contributed by atoms with van der Waals surface area (Å²) in [5.41, 5.74) is 2.51. The van der Waals surface area contributed by atoms with Gasteiger partial charge in [0.1, 0.15) is 11.9 Å². The number of carbonyl (C=O) groups is 2. The monoisotopic (exact) mass is 595 g/mol. The molecule has 1 heterocycles. The molecule has 0 unspecified atom stereocenters. The predicted molar refractivity (Wildman–Crippen MR) is 159 cm³/mol. The van der Waals surface area contributed by atoms with Gasteiger partial charge in [-0.05, 0) is 68.9 Å². The Hall–Kier alpha value is -3.93. The van der Waals surface area contributed by atoms with Gasteiger partial charge in [0.05, 0.1) is 28.7 Å². The number of nitrogens with zero attached hydrogens (tertiary/aromatic N) is 2. The molecule has 1 aliphatic rings. The Balaban J connectivity index is 1.60. The largest absolute Gasteiger partial charge is 0.488 e. The normalized spacial score (nSPS) is 18.0. The molecule has 0 bridgehead atoms. The lowest BCUT2D eigenvalue weighted by Gasteiger charge is -2.38. The van der Waals surface area contributed by atoms with E-state index >= 15 is 0 Å². The second kappa shape index (κ2) is 12.9. The number of benzene rings is 3. The lowest BCUT2D eigenvalue weighted by atomic mass is 9.99. The number of anilines is 1. The molecule has 42 heavy (non-hydrogen) atoms. The van der Waals surface area contributed by atoms with Gasteiger partial charge in [-0.25, -0.2) is 13.2 Å². The molecule has 4 rings (SSSR count). The van der Waals surface area contributed by atoms with Crippen LogP contribution in [0, 0.1) is 12.8 Å². The van der Waals surface area contributed by atoms with Gasteiger partial charge in [0.15, 0.2) is 0 Å². The van der Waals surface area contributed by atoms with Crippen molar-refractivity contribution < 1.29 is 33.0 Å². The van der Waals surface area contributed by atoms with E-state index < -0.39 is 22.0 Å². The molecule has 0 aromatic heterocycles. The van der Waals surface area contributed by atoms with Crippen LogP contribution < -0.4 is 9.46 Å². The highest BCUT2D eigenvalue weighted by Gasteiger charge is 2.33. The predicted octanol–water partition coefficient (Wildman–Crippen LogP) is 3.85. The van der Waals surface area contributed by atoms with Gasteiger partial charge in [-0.2, -0.15) is 0 Å². The Morgan fingerprint density at radius 1 is 1.12 bits per heavy atom. The summed E-state index contributed by atoms with van der Waals surface area (Å²) in [6, 6.07) is 17.3. The van der Waals surface area contributed by atoms with Gasteiger partial charge >= 0.3 is 5.97 Å². The fourth-order valence-corrected chi connectivity index (χ4v) is 5.92. The van der Waals surface area contributed by atoms with E-state index in [1.165, 1.54) is 18.2 Å². The smallest absolute Gasteiger partial charge is 0.335 e. The average molecular weight is 596 g/mol. The van der Waals surface area contributed by atoms with E-state index in [0.29, 0.717) is 25.4 Å². The lowest BCUT2D eigenvalue weighted by molar-refractivity contribution is 0.0341. The molecule has 0 saturated heterocycles. The second-order valence-corrected chi connectivity index (χ2v) is 12.6. The van der Waals surface area contributed by atoms with Crippen molar-refractivity contribution in [3.8, 4) is 5.75 Å². The molecule has 3 N–H and O–H groups in total. The Morgan fingerprint density at radius 3 is 2.40 bits per heavy atom. The molecule has 3 atom stereocenters. The van der Waals surface area contributed by atoms with Crippen LogP contribution in [0.4, 0.5) is 5.69 Å². The number of aliphatic hydroxyl groups is 1. The number of amides is 1. The van der Waals surface area contributed by atoms with E-state index in [1.54, 1.807) is 60.4 Å². The third-order valence-electron chi connectivity index (χ3n) is 7.39. The summed E-state index contributed by atoms with van der Waals surface area (Å²) in [7, 11) is -1.96. The van der Waals surface area contributed by atoms with E-state index in [0.717, 1.165) is 11.1 Å². The molecule has 3 aromatic carbocycles. The number of hydrogen-bond acceptors (Lipinski definition) is 7. The highest BCUT2D eigenvalue weighted by molar-refractivity contribution is 7.92. The molecule has 11 heteroatoms. The SMILES string of the molecule is Cc1ccc(S(=O)(=O)Nc2ccc3c(c2)C(=O)N([C@@H](C)CO)C[C@@H](C)[C@@H](CN(C)Cc2ccc(C(=O)O)cc2)O3)cc1. The number of aliphatic hydroxyl groups excluding tert-OH is 1. The van der Waals surface area contributed by atoms with Crippen molar-refractivity contribution in [3.05, 3.63) is 89.0 Å². The van der Waals surface area contributed by atoms with Crippen LogP contribution in [0.25, 0.3) is 0 Å². The van der Waals surface area contributed by atoms with Crippen molar-refractivity contribution in [2.24, 2.45) is 5.92 Å². The topological polar surface area (TPSA) is 136 Å². The summed E-state index contributed by atoms with van der Waals surface area (Å²) < 4.78 is 35.0. The number of ether oxygens (including phenoxy) is 1. The van der Waals surface area contributed by atoms with E-state index in [9.17, 15) is 23.1 Å². The van der Waals surface area contributed by atoms with Crippen LogP contribution in [0.3, 0.4) is 0 Å². The van der Waals surface area contributed by atoms with Gasteiger partial charge < -0.3 is 19.8 Å². The number of carboxylic acids is 1. The van der Waals surface area contributed by atoms with E-state index in [1.807, 2.05) is 20.9 Å². The van der Waals surface area contributed by atoms with Crippen LogP contribution in [-0.2, 0) is 16.6 Å². The highest BCUT2D eigenvalue weighted by atomic mass is 32.2. The summed E-state index contributed by atoms with van der Waals surface area (Å²) in [6.07, 6.45) is -0.344. The first-order valence-electron chi connectivity index (χ1n) is 13.7. The van der Waals surface area contributed by atoms with Crippen molar-refractivity contribution in [2.75, 3.05) is 31.5 Å². The van der Waals surface area contributed by atoms with E-state index in [2.05, 4.69) is 9.62 Å². The number of aryl methyl sites for hydroxylation is 1. The molecule has 10 nitrogen and oxygen atoms in total. The number of sulfonamides is 1. The summed E-state index contributed by atoms with van der Waals surface area (Å²) in [5, 5.41) is 19.1. The maximum atomic E-state index is 13.7. The number of hydrogen-bond donors (Lipinski definition) is 3.